The molecule has 0 aromatic heterocycles. The van der Waals surface area contributed by atoms with Gasteiger partial charge in [-0.25, -0.2) is 23.1 Å². The Morgan fingerprint density at radius 3 is 2.30 bits per heavy atom. The number of nitrogens with two attached hydrogens (primary N) is 1. The van der Waals surface area contributed by atoms with E-state index >= 15 is 0 Å². The first kappa shape index (κ1) is 21.4. The van der Waals surface area contributed by atoms with Crippen LogP contribution in [0.5, 0.6) is 0 Å². The lowest BCUT2D eigenvalue weighted by molar-refractivity contribution is -0.160. The molecule has 2 aliphatic rings. The lowest BCUT2D eigenvalue weighted by Gasteiger charge is -2.44. The SMILES string of the molecule is CC(C)(C)OC(=O)N1CCC(C(=O)O)(N2CC(CS(N)(=O)=O)CC2=O)CC1. The highest BCUT2D eigenvalue weighted by atomic mass is 32.2. The van der Waals surface area contributed by atoms with E-state index in [1.165, 1.54) is 9.80 Å². The van der Waals surface area contributed by atoms with Crippen molar-refractivity contribution in [3.8, 4) is 0 Å². The summed E-state index contributed by atoms with van der Waals surface area (Å²) in [5.74, 6) is -2.46. The highest BCUT2D eigenvalue weighted by molar-refractivity contribution is 7.89. The van der Waals surface area contributed by atoms with Crippen molar-refractivity contribution in [2.75, 3.05) is 25.4 Å². The van der Waals surface area contributed by atoms with Gasteiger partial charge in [-0.05, 0) is 33.6 Å². The van der Waals surface area contributed by atoms with Crippen molar-refractivity contribution >= 4 is 28.0 Å². The fraction of sp³-hybridized carbons (Fsp3) is 0.812. The molecule has 0 aromatic rings. The van der Waals surface area contributed by atoms with Crippen molar-refractivity contribution in [1.29, 1.82) is 0 Å². The summed E-state index contributed by atoms with van der Waals surface area (Å²) in [5.41, 5.74) is -2.12. The largest absolute Gasteiger partial charge is 0.479 e. The Morgan fingerprint density at radius 1 is 1.30 bits per heavy atom. The molecule has 0 saturated carbocycles. The van der Waals surface area contributed by atoms with Gasteiger partial charge in [0.15, 0.2) is 0 Å². The summed E-state index contributed by atoms with van der Waals surface area (Å²) in [6.45, 7) is 5.50. The molecule has 2 amide bonds. The van der Waals surface area contributed by atoms with Crippen LogP contribution in [0, 0.1) is 5.92 Å². The van der Waals surface area contributed by atoms with Gasteiger partial charge in [0.25, 0.3) is 0 Å². The number of carboxylic acids is 1. The molecule has 0 radical (unpaired) electrons. The first-order chi connectivity index (χ1) is 12.2. The Balaban J connectivity index is 2.11. The van der Waals surface area contributed by atoms with E-state index < -0.39 is 45.1 Å². The average Bonchev–Trinajstić information content (AvgIpc) is 2.84. The standard InChI is InChI=1S/C16H27N3O7S/c1-15(2,3)26-14(23)18-6-4-16(5-7-18,13(21)22)19-9-11(8-12(19)20)10-27(17,24)25/h11H,4-10H2,1-3H3,(H,21,22)(H2,17,24,25). The van der Waals surface area contributed by atoms with Crippen LogP contribution in [0.3, 0.4) is 0 Å². The molecule has 11 heteroatoms. The van der Waals surface area contributed by atoms with Crippen molar-refractivity contribution < 1.29 is 32.6 Å². The quantitative estimate of drug-likeness (QED) is 0.668. The molecule has 154 valence electrons. The van der Waals surface area contributed by atoms with E-state index in [9.17, 15) is 27.9 Å². The maximum Gasteiger partial charge on any atom is 0.410 e. The van der Waals surface area contributed by atoms with Crippen LogP contribution in [0.15, 0.2) is 0 Å². The Morgan fingerprint density at radius 2 is 1.85 bits per heavy atom. The molecule has 0 bridgehead atoms. The van der Waals surface area contributed by atoms with Crippen molar-refractivity contribution in [1.82, 2.24) is 9.80 Å². The van der Waals surface area contributed by atoms with Gasteiger partial charge in [0.1, 0.15) is 11.1 Å². The summed E-state index contributed by atoms with van der Waals surface area (Å²) in [6.07, 6.45) is -0.479. The van der Waals surface area contributed by atoms with E-state index in [-0.39, 0.29) is 44.6 Å². The predicted molar refractivity (Wildman–Crippen MR) is 95.2 cm³/mol. The summed E-state index contributed by atoms with van der Waals surface area (Å²) in [5, 5.41) is 14.9. The van der Waals surface area contributed by atoms with E-state index in [0.29, 0.717) is 0 Å². The van der Waals surface area contributed by atoms with Gasteiger partial charge >= 0.3 is 12.1 Å². The minimum atomic E-state index is -3.76. The van der Waals surface area contributed by atoms with E-state index in [1.807, 2.05) is 0 Å². The highest BCUT2D eigenvalue weighted by Crippen LogP contribution is 2.35. The van der Waals surface area contributed by atoms with Crippen LogP contribution >= 0.6 is 0 Å². The molecule has 27 heavy (non-hydrogen) atoms. The zero-order valence-corrected chi connectivity index (χ0v) is 16.6. The number of carbonyl (C=O) groups is 3. The molecule has 0 spiro atoms. The Labute approximate surface area is 158 Å². The van der Waals surface area contributed by atoms with E-state index in [2.05, 4.69) is 0 Å². The summed E-state index contributed by atoms with van der Waals surface area (Å²) >= 11 is 0. The van der Waals surface area contributed by atoms with Gasteiger partial charge in [0.2, 0.25) is 15.9 Å². The van der Waals surface area contributed by atoms with Gasteiger partial charge in [-0.15, -0.1) is 0 Å². The van der Waals surface area contributed by atoms with Gasteiger partial charge in [-0.2, -0.15) is 0 Å². The summed E-state index contributed by atoms with van der Waals surface area (Å²) in [7, 11) is -3.76. The number of ether oxygens (including phenoxy) is 1. The maximum absolute atomic E-state index is 12.4. The third-order valence-corrected chi connectivity index (χ3v) is 5.77. The average molecular weight is 405 g/mol. The lowest BCUT2D eigenvalue weighted by atomic mass is 9.85. The topological polar surface area (TPSA) is 147 Å². The summed E-state index contributed by atoms with van der Waals surface area (Å²) in [4.78, 5) is 39.3. The minimum absolute atomic E-state index is 0.0218. The number of carbonyl (C=O) groups excluding carboxylic acids is 2. The zero-order chi connectivity index (χ0) is 20.6. The second-order valence-electron chi connectivity index (χ2n) is 8.21. The van der Waals surface area contributed by atoms with Gasteiger partial charge < -0.3 is 19.6 Å². The van der Waals surface area contributed by atoms with Gasteiger partial charge in [0, 0.05) is 32.0 Å². The number of piperidine rings is 1. The van der Waals surface area contributed by atoms with Crippen molar-refractivity contribution in [3.05, 3.63) is 0 Å². The maximum atomic E-state index is 12.4. The molecular weight excluding hydrogens is 378 g/mol. The molecule has 0 aromatic carbocycles. The molecule has 1 unspecified atom stereocenters. The number of aliphatic carboxylic acids is 1. The molecule has 2 rings (SSSR count). The van der Waals surface area contributed by atoms with Crippen molar-refractivity contribution in [2.45, 2.75) is 51.2 Å². The molecule has 10 nitrogen and oxygen atoms in total. The lowest BCUT2D eigenvalue weighted by Crippen LogP contribution is -2.61. The second-order valence-corrected chi connectivity index (χ2v) is 9.87. The molecule has 1 atom stereocenters. The number of hydrogen-bond acceptors (Lipinski definition) is 6. The Hall–Kier alpha value is -1.88. The number of sulfonamides is 1. The minimum Gasteiger partial charge on any atom is -0.479 e. The Bertz CT molecular complexity index is 721. The molecular formula is C16H27N3O7S. The van der Waals surface area contributed by atoms with Crippen LogP contribution in [0.1, 0.15) is 40.0 Å². The van der Waals surface area contributed by atoms with Crippen molar-refractivity contribution in [3.63, 3.8) is 0 Å². The van der Waals surface area contributed by atoms with Crippen molar-refractivity contribution in [2.24, 2.45) is 11.1 Å². The number of primary sulfonamides is 1. The van der Waals surface area contributed by atoms with Gasteiger partial charge in [-0.1, -0.05) is 0 Å². The number of nitrogens with zero attached hydrogens (tertiary/aromatic N) is 2. The zero-order valence-electron chi connectivity index (χ0n) is 15.8. The molecule has 2 saturated heterocycles. The smallest absolute Gasteiger partial charge is 0.410 e. The van der Waals surface area contributed by atoms with E-state index in [4.69, 9.17) is 9.88 Å². The monoisotopic (exact) mass is 405 g/mol. The van der Waals surface area contributed by atoms with Crippen LogP contribution in [0.2, 0.25) is 0 Å². The Kier molecular flexibility index (Phi) is 5.77. The number of rotatable bonds is 4. The molecule has 3 N–H and O–H groups in total. The fourth-order valence-corrected chi connectivity index (χ4v) is 4.50. The molecule has 2 heterocycles. The fourth-order valence-electron chi connectivity index (χ4n) is 3.62. The van der Waals surface area contributed by atoms with Crippen LogP contribution < -0.4 is 5.14 Å². The van der Waals surface area contributed by atoms with E-state index in [1.54, 1.807) is 20.8 Å². The first-order valence-corrected chi connectivity index (χ1v) is 10.5. The van der Waals surface area contributed by atoms with Crippen LogP contribution in [0.4, 0.5) is 4.79 Å². The third-order valence-electron chi connectivity index (χ3n) is 4.83. The first-order valence-electron chi connectivity index (χ1n) is 8.76. The summed E-state index contributed by atoms with van der Waals surface area (Å²) < 4.78 is 27.9. The van der Waals surface area contributed by atoms with Crippen LogP contribution in [-0.4, -0.2) is 77.8 Å². The van der Waals surface area contributed by atoms with Gasteiger partial charge in [0.05, 0.1) is 5.75 Å². The number of likely N-dealkylation sites (tertiary alicyclic amines) is 2. The second kappa shape index (κ2) is 7.27. The van der Waals surface area contributed by atoms with Gasteiger partial charge in [-0.3, -0.25) is 4.79 Å². The van der Waals surface area contributed by atoms with Crippen LogP contribution in [0.25, 0.3) is 0 Å². The normalized spacial score (nSPS) is 23.4. The molecule has 0 aliphatic carbocycles. The molecule has 2 fully saturated rings. The number of amides is 2. The van der Waals surface area contributed by atoms with Crippen LogP contribution in [-0.2, 0) is 24.3 Å². The highest BCUT2D eigenvalue weighted by Gasteiger charge is 2.52. The number of carboxylic acid groups (broad SMARTS) is 1. The van der Waals surface area contributed by atoms with E-state index in [0.717, 1.165) is 0 Å². The predicted octanol–water partition coefficient (Wildman–Crippen LogP) is -0.0223. The number of hydrogen-bond donors (Lipinski definition) is 2. The molecule has 2 aliphatic heterocycles. The third kappa shape index (κ3) is 5.10. The summed E-state index contributed by atoms with van der Waals surface area (Å²) in [6, 6.07) is 0.